The molecule has 0 saturated heterocycles. The van der Waals surface area contributed by atoms with Crippen molar-refractivity contribution in [3.63, 3.8) is 0 Å². The standard InChI is InChI=1S/C20H22F2/c1-2-3-14-4-6-15(7-5-14)16-8-10-17(11-9-16)18-12-19(21)20(22)13-18/h2-7,12,16-17H,8-11,13H2,1H3/b3-2+. The zero-order chi connectivity index (χ0) is 15.5. The van der Waals surface area contributed by atoms with Crippen LogP contribution in [-0.4, -0.2) is 0 Å². The fraction of sp³-hybridized carbons (Fsp3) is 0.400. The molecule has 3 rings (SSSR count). The molecule has 0 bridgehead atoms. The first-order valence-electron chi connectivity index (χ1n) is 8.14. The molecule has 1 aromatic rings. The van der Waals surface area contributed by atoms with Crippen LogP contribution >= 0.6 is 0 Å². The first-order chi connectivity index (χ1) is 10.7. The van der Waals surface area contributed by atoms with Gasteiger partial charge in [0.15, 0.2) is 5.83 Å². The van der Waals surface area contributed by atoms with E-state index >= 15 is 0 Å². The second kappa shape index (κ2) is 6.60. The van der Waals surface area contributed by atoms with E-state index in [9.17, 15) is 8.78 Å². The summed E-state index contributed by atoms with van der Waals surface area (Å²) in [5, 5.41) is 0. The van der Waals surface area contributed by atoms with Gasteiger partial charge in [0.05, 0.1) is 0 Å². The minimum atomic E-state index is -0.656. The van der Waals surface area contributed by atoms with E-state index in [1.54, 1.807) is 0 Å². The molecule has 0 aliphatic heterocycles. The lowest BCUT2D eigenvalue weighted by Crippen LogP contribution is -2.14. The Labute approximate surface area is 131 Å². The minimum Gasteiger partial charge on any atom is -0.208 e. The quantitative estimate of drug-likeness (QED) is 0.599. The number of allylic oxidation sites excluding steroid dienone is 5. The van der Waals surface area contributed by atoms with E-state index in [2.05, 4.69) is 30.3 Å². The monoisotopic (exact) mass is 300 g/mol. The van der Waals surface area contributed by atoms with Crippen LogP contribution in [-0.2, 0) is 0 Å². The summed E-state index contributed by atoms with van der Waals surface area (Å²) in [5.41, 5.74) is 3.58. The highest BCUT2D eigenvalue weighted by atomic mass is 19.2. The Hall–Kier alpha value is -1.70. The molecule has 0 aromatic heterocycles. The zero-order valence-corrected chi connectivity index (χ0v) is 13.0. The number of halogens is 2. The summed E-state index contributed by atoms with van der Waals surface area (Å²) in [4.78, 5) is 0. The maximum atomic E-state index is 13.2. The molecule has 0 spiro atoms. The Morgan fingerprint density at radius 3 is 2.14 bits per heavy atom. The van der Waals surface area contributed by atoms with Crippen LogP contribution in [0.15, 0.2) is 53.6 Å². The average molecular weight is 300 g/mol. The highest BCUT2D eigenvalue weighted by Crippen LogP contribution is 2.42. The fourth-order valence-corrected chi connectivity index (χ4v) is 3.69. The Bertz CT molecular complexity index is 612. The second-order valence-corrected chi connectivity index (χ2v) is 6.36. The summed E-state index contributed by atoms with van der Waals surface area (Å²) >= 11 is 0. The van der Waals surface area contributed by atoms with Gasteiger partial charge in [0, 0.05) is 6.42 Å². The van der Waals surface area contributed by atoms with Crippen LogP contribution < -0.4 is 0 Å². The maximum Gasteiger partial charge on any atom is 0.154 e. The number of rotatable bonds is 3. The molecule has 2 aliphatic carbocycles. The molecule has 116 valence electrons. The molecule has 2 heteroatoms. The van der Waals surface area contributed by atoms with Crippen molar-refractivity contribution in [3.8, 4) is 0 Å². The Morgan fingerprint density at radius 1 is 0.955 bits per heavy atom. The summed E-state index contributed by atoms with van der Waals surface area (Å²) in [6.45, 7) is 2.02. The van der Waals surface area contributed by atoms with E-state index in [-0.39, 0.29) is 6.42 Å². The van der Waals surface area contributed by atoms with Gasteiger partial charge in [-0.25, -0.2) is 8.78 Å². The molecule has 22 heavy (non-hydrogen) atoms. The summed E-state index contributed by atoms with van der Waals surface area (Å²) < 4.78 is 26.4. The third kappa shape index (κ3) is 3.21. The normalized spacial score (nSPS) is 25.9. The number of hydrogen-bond donors (Lipinski definition) is 0. The van der Waals surface area contributed by atoms with Crippen molar-refractivity contribution in [2.24, 2.45) is 5.92 Å². The minimum absolute atomic E-state index is 0.194. The van der Waals surface area contributed by atoms with E-state index in [1.807, 2.05) is 13.0 Å². The first kappa shape index (κ1) is 15.2. The van der Waals surface area contributed by atoms with Crippen LogP contribution in [0.5, 0.6) is 0 Å². The van der Waals surface area contributed by atoms with Gasteiger partial charge in [-0.3, -0.25) is 0 Å². The molecule has 0 unspecified atom stereocenters. The van der Waals surface area contributed by atoms with Gasteiger partial charge in [-0.1, -0.05) is 42.0 Å². The van der Waals surface area contributed by atoms with Crippen LogP contribution in [0.25, 0.3) is 6.08 Å². The fourth-order valence-electron chi connectivity index (χ4n) is 3.69. The first-order valence-corrected chi connectivity index (χ1v) is 8.14. The van der Waals surface area contributed by atoms with E-state index in [4.69, 9.17) is 0 Å². The van der Waals surface area contributed by atoms with E-state index in [0.29, 0.717) is 11.8 Å². The van der Waals surface area contributed by atoms with Gasteiger partial charge in [0.25, 0.3) is 0 Å². The lowest BCUT2D eigenvalue weighted by atomic mass is 9.75. The Morgan fingerprint density at radius 2 is 1.59 bits per heavy atom. The number of benzene rings is 1. The Kier molecular flexibility index (Phi) is 4.56. The van der Waals surface area contributed by atoms with Crippen molar-refractivity contribution in [3.05, 3.63) is 64.8 Å². The van der Waals surface area contributed by atoms with Gasteiger partial charge in [-0.05, 0) is 61.6 Å². The van der Waals surface area contributed by atoms with Gasteiger partial charge in [-0.2, -0.15) is 0 Å². The van der Waals surface area contributed by atoms with E-state index in [1.165, 1.54) is 17.2 Å². The topological polar surface area (TPSA) is 0 Å². The predicted octanol–water partition coefficient (Wildman–Crippen LogP) is 6.47. The van der Waals surface area contributed by atoms with Gasteiger partial charge >= 0.3 is 0 Å². The molecule has 0 heterocycles. The van der Waals surface area contributed by atoms with Crippen molar-refractivity contribution in [2.75, 3.05) is 0 Å². The van der Waals surface area contributed by atoms with Crippen LogP contribution in [0.1, 0.15) is 56.1 Å². The maximum absolute atomic E-state index is 13.2. The molecule has 1 saturated carbocycles. The van der Waals surface area contributed by atoms with Gasteiger partial charge < -0.3 is 0 Å². The molecular weight excluding hydrogens is 278 g/mol. The van der Waals surface area contributed by atoms with Gasteiger partial charge in [0.1, 0.15) is 5.83 Å². The van der Waals surface area contributed by atoms with E-state index in [0.717, 1.165) is 31.3 Å². The Balaban J connectivity index is 1.59. The molecule has 0 radical (unpaired) electrons. The lowest BCUT2D eigenvalue weighted by molar-refractivity contribution is 0.358. The molecular formula is C20H22F2. The molecule has 1 fully saturated rings. The van der Waals surface area contributed by atoms with Gasteiger partial charge in [0.2, 0.25) is 0 Å². The van der Waals surface area contributed by atoms with Crippen molar-refractivity contribution in [1.82, 2.24) is 0 Å². The van der Waals surface area contributed by atoms with Crippen molar-refractivity contribution in [2.45, 2.75) is 44.9 Å². The predicted molar refractivity (Wildman–Crippen MR) is 87.8 cm³/mol. The molecule has 1 aromatic carbocycles. The van der Waals surface area contributed by atoms with Crippen molar-refractivity contribution < 1.29 is 8.78 Å². The molecule has 2 aliphatic rings. The largest absolute Gasteiger partial charge is 0.208 e. The van der Waals surface area contributed by atoms with Crippen molar-refractivity contribution >= 4 is 6.08 Å². The molecule has 0 atom stereocenters. The van der Waals surface area contributed by atoms with Crippen LogP contribution in [0.2, 0.25) is 0 Å². The highest BCUT2D eigenvalue weighted by Gasteiger charge is 2.28. The van der Waals surface area contributed by atoms with Crippen LogP contribution in [0.3, 0.4) is 0 Å². The summed E-state index contributed by atoms with van der Waals surface area (Å²) in [6.07, 6.45) is 10.0. The van der Waals surface area contributed by atoms with Gasteiger partial charge in [-0.15, -0.1) is 0 Å². The highest BCUT2D eigenvalue weighted by molar-refractivity contribution is 5.49. The third-order valence-electron chi connectivity index (χ3n) is 4.95. The van der Waals surface area contributed by atoms with Crippen molar-refractivity contribution in [1.29, 1.82) is 0 Å². The number of hydrogen-bond acceptors (Lipinski definition) is 0. The molecule has 0 N–H and O–H groups in total. The average Bonchev–Trinajstić information content (AvgIpc) is 2.88. The summed E-state index contributed by atoms with van der Waals surface area (Å²) in [6, 6.07) is 8.76. The summed E-state index contributed by atoms with van der Waals surface area (Å²) in [7, 11) is 0. The van der Waals surface area contributed by atoms with Crippen LogP contribution in [0, 0.1) is 5.92 Å². The zero-order valence-electron chi connectivity index (χ0n) is 13.0. The van der Waals surface area contributed by atoms with Crippen LogP contribution in [0.4, 0.5) is 8.78 Å². The third-order valence-corrected chi connectivity index (χ3v) is 4.95. The second-order valence-electron chi connectivity index (χ2n) is 6.36. The molecule has 0 nitrogen and oxygen atoms in total. The molecule has 0 amide bonds. The lowest BCUT2D eigenvalue weighted by Gasteiger charge is -2.29. The summed E-state index contributed by atoms with van der Waals surface area (Å²) in [5.74, 6) is -0.300. The SMILES string of the molecule is C/C=C/c1ccc(C2CCC(C3=CC(F)=C(F)C3)CC2)cc1. The smallest absolute Gasteiger partial charge is 0.154 e. The van der Waals surface area contributed by atoms with E-state index < -0.39 is 11.7 Å².